The van der Waals surface area contributed by atoms with Crippen LogP contribution in [0.5, 0.6) is 0 Å². The van der Waals surface area contributed by atoms with Crippen LogP contribution in [0.3, 0.4) is 0 Å². The summed E-state index contributed by atoms with van der Waals surface area (Å²) in [4.78, 5) is 6.64. The Morgan fingerprint density at radius 3 is 3.12 bits per heavy atom. The van der Waals surface area contributed by atoms with Crippen molar-refractivity contribution in [1.29, 1.82) is 0 Å². The Kier molecular flexibility index (Phi) is 3.29. The predicted molar refractivity (Wildman–Crippen MR) is 67.5 cm³/mol. The summed E-state index contributed by atoms with van der Waals surface area (Å²) in [5.74, 6) is 0.834. The van der Waals surface area contributed by atoms with E-state index in [1.54, 1.807) is 6.20 Å². The Hall–Kier alpha value is -1.29. The lowest BCUT2D eigenvalue weighted by Crippen LogP contribution is -2.40. The number of likely N-dealkylation sites (N-methyl/N-ethyl adjacent to an activating group) is 1. The molecule has 0 amide bonds. The molecule has 0 aliphatic carbocycles. The summed E-state index contributed by atoms with van der Waals surface area (Å²) in [6.07, 6.45) is 4.24. The molecule has 0 spiro atoms. The third-order valence-electron chi connectivity index (χ3n) is 3.17. The van der Waals surface area contributed by atoms with Crippen molar-refractivity contribution in [2.24, 2.45) is 0 Å². The van der Waals surface area contributed by atoms with Gasteiger partial charge in [-0.15, -0.1) is 0 Å². The second-order valence-electron chi connectivity index (χ2n) is 4.64. The quantitative estimate of drug-likeness (QED) is 0.792. The fourth-order valence-corrected chi connectivity index (χ4v) is 2.16. The van der Waals surface area contributed by atoms with Gasteiger partial charge in [0.2, 0.25) is 0 Å². The number of anilines is 2. The van der Waals surface area contributed by atoms with Gasteiger partial charge in [-0.2, -0.15) is 0 Å². The fraction of sp³-hybridized carbons (Fsp3) is 0.583. The minimum absolute atomic E-state index is 0.468. The predicted octanol–water partition coefficient (Wildman–Crippen LogP) is 1.48. The summed E-state index contributed by atoms with van der Waals surface area (Å²) >= 11 is 0. The number of nitrogens with zero attached hydrogens (tertiary/aromatic N) is 2. The number of aryl methyl sites for hydroxylation is 1. The Labute approximate surface area is 96.8 Å². The number of rotatable bonds is 2. The van der Waals surface area contributed by atoms with E-state index in [0.717, 1.165) is 23.6 Å². The van der Waals surface area contributed by atoms with Crippen molar-refractivity contribution < 1.29 is 0 Å². The molecule has 16 heavy (non-hydrogen) atoms. The van der Waals surface area contributed by atoms with E-state index >= 15 is 0 Å². The highest BCUT2D eigenvalue weighted by Crippen LogP contribution is 2.21. The minimum atomic E-state index is 0.468. The maximum absolute atomic E-state index is 6.00. The van der Waals surface area contributed by atoms with Crippen molar-refractivity contribution in [3.63, 3.8) is 0 Å². The SMILES string of the molecule is Cc1ccnc(NC2CCCN(C)C2)c1N. The largest absolute Gasteiger partial charge is 0.396 e. The molecule has 4 nitrogen and oxygen atoms in total. The maximum Gasteiger partial charge on any atom is 0.149 e. The van der Waals surface area contributed by atoms with Crippen LogP contribution < -0.4 is 11.1 Å². The molecule has 0 bridgehead atoms. The van der Waals surface area contributed by atoms with Crippen molar-refractivity contribution >= 4 is 11.5 Å². The van der Waals surface area contributed by atoms with Gasteiger partial charge < -0.3 is 16.0 Å². The number of nitrogens with one attached hydrogen (secondary N) is 1. The fourth-order valence-electron chi connectivity index (χ4n) is 2.16. The molecule has 4 heteroatoms. The van der Waals surface area contributed by atoms with Crippen LogP contribution >= 0.6 is 0 Å². The van der Waals surface area contributed by atoms with E-state index in [4.69, 9.17) is 5.73 Å². The third-order valence-corrected chi connectivity index (χ3v) is 3.17. The van der Waals surface area contributed by atoms with E-state index in [1.807, 2.05) is 13.0 Å². The molecular formula is C12H20N4. The summed E-state index contributed by atoms with van der Waals surface area (Å²) in [6, 6.07) is 2.41. The van der Waals surface area contributed by atoms with E-state index in [2.05, 4.69) is 22.2 Å². The molecule has 1 saturated heterocycles. The first-order valence-electron chi connectivity index (χ1n) is 5.83. The average Bonchev–Trinajstić information content (AvgIpc) is 2.25. The van der Waals surface area contributed by atoms with Gasteiger partial charge in [0.25, 0.3) is 0 Å². The molecule has 1 atom stereocenters. The molecule has 1 aliphatic rings. The normalized spacial score (nSPS) is 22.0. The standard InChI is InChI=1S/C12H20N4/c1-9-5-6-14-12(11(9)13)15-10-4-3-7-16(2)8-10/h5-6,10H,3-4,7-8,13H2,1-2H3,(H,14,15). The number of piperidine rings is 1. The molecular weight excluding hydrogens is 200 g/mol. The first kappa shape index (κ1) is 11.2. The van der Waals surface area contributed by atoms with Crippen molar-refractivity contribution in [3.8, 4) is 0 Å². The van der Waals surface area contributed by atoms with E-state index in [1.165, 1.54) is 19.4 Å². The molecule has 1 fully saturated rings. The zero-order chi connectivity index (χ0) is 11.5. The summed E-state index contributed by atoms with van der Waals surface area (Å²) in [5.41, 5.74) is 7.85. The number of hydrogen-bond acceptors (Lipinski definition) is 4. The summed E-state index contributed by atoms with van der Waals surface area (Å²) in [6.45, 7) is 4.26. The summed E-state index contributed by atoms with van der Waals surface area (Å²) in [7, 11) is 2.15. The lowest BCUT2D eigenvalue weighted by molar-refractivity contribution is 0.261. The Morgan fingerprint density at radius 1 is 1.56 bits per heavy atom. The zero-order valence-electron chi connectivity index (χ0n) is 10.0. The Morgan fingerprint density at radius 2 is 2.38 bits per heavy atom. The lowest BCUT2D eigenvalue weighted by Gasteiger charge is -2.30. The lowest BCUT2D eigenvalue weighted by atomic mass is 10.1. The van der Waals surface area contributed by atoms with E-state index in [0.29, 0.717) is 6.04 Å². The molecule has 2 rings (SSSR count). The topological polar surface area (TPSA) is 54.2 Å². The highest BCUT2D eigenvalue weighted by molar-refractivity contribution is 5.65. The van der Waals surface area contributed by atoms with Crippen molar-refractivity contribution in [2.45, 2.75) is 25.8 Å². The smallest absolute Gasteiger partial charge is 0.149 e. The van der Waals surface area contributed by atoms with E-state index in [-0.39, 0.29) is 0 Å². The molecule has 0 saturated carbocycles. The Bertz CT molecular complexity index is 364. The monoisotopic (exact) mass is 220 g/mol. The molecule has 1 aromatic heterocycles. The van der Waals surface area contributed by atoms with E-state index < -0.39 is 0 Å². The van der Waals surface area contributed by atoms with Gasteiger partial charge in [0, 0.05) is 18.8 Å². The summed E-state index contributed by atoms with van der Waals surface area (Å²) < 4.78 is 0. The number of aromatic nitrogens is 1. The first-order valence-corrected chi connectivity index (χ1v) is 5.83. The second-order valence-corrected chi connectivity index (χ2v) is 4.64. The summed E-state index contributed by atoms with van der Waals surface area (Å²) in [5, 5.41) is 3.44. The van der Waals surface area contributed by atoms with Gasteiger partial charge in [-0.3, -0.25) is 0 Å². The van der Waals surface area contributed by atoms with Crippen LogP contribution in [-0.4, -0.2) is 36.1 Å². The maximum atomic E-state index is 6.00. The van der Waals surface area contributed by atoms with Crippen molar-refractivity contribution in [2.75, 3.05) is 31.2 Å². The number of hydrogen-bond donors (Lipinski definition) is 2. The average molecular weight is 220 g/mol. The van der Waals surface area contributed by atoms with Crippen LogP contribution in [0.15, 0.2) is 12.3 Å². The number of pyridine rings is 1. The number of likely N-dealkylation sites (tertiary alicyclic amines) is 1. The van der Waals surface area contributed by atoms with Gasteiger partial charge in [0.05, 0.1) is 5.69 Å². The zero-order valence-corrected chi connectivity index (χ0v) is 10.0. The molecule has 88 valence electrons. The van der Waals surface area contributed by atoms with Crippen molar-refractivity contribution in [3.05, 3.63) is 17.8 Å². The molecule has 3 N–H and O–H groups in total. The van der Waals surface area contributed by atoms with Gasteiger partial charge in [0.1, 0.15) is 5.82 Å². The molecule has 1 aliphatic heterocycles. The van der Waals surface area contributed by atoms with Gasteiger partial charge in [-0.05, 0) is 45.0 Å². The number of nitrogens with two attached hydrogens (primary N) is 1. The molecule has 2 heterocycles. The second kappa shape index (κ2) is 4.70. The van der Waals surface area contributed by atoms with Crippen LogP contribution in [0.1, 0.15) is 18.4 Å². The molecule has 0 radical (unpaired) electrons. The minimum Gasteiger partial charge on any atom is -0.396 e. The van der Waals surface area contributed by atoms with Crippen LogP contribution in [0.25, 0.3) is 0 Å². The van der Waals surface area contributed by atoms with E-state index in [9.17, 15) is 0 Å². The third kappa shape index (κ3) is 2.44. The van der Waals surface area contributed by atoms with Crippen LogP contribution in [-0.2, 0) is 0 Å². The Balaban J connectivity index is 2.05. The van der Waals surface area contributed by atoms with Gasteiger partial charge in [-0.25, -0.2) is 4.98 Å². The van der Waals surface area contributed by atoms with Crippen molar-refractivity contribution in [1.82, 2.24) is 9.88 Å². The van der Waals surface area contributed by atoms with Crippen LogP contribution in [0, 0.1) is 6.92 Å². The van der Waals surface area contributed by atoms with Gasteiger partial charge in [0.15, 0.2) is 0 Å². The number of nitrogen functional groups attached to an aromatic ring is 1. The van der Waals surface area contributed by atoms with Gasteiger partial charge >= 0.3 is 0 Å². The highest BCUT2D eigenvalue weighted by atomic mass is 15.2. The highest BCUT2D eigenvalue weighted by Gasteiger charge is 2.18. The first-order chi connectivity index (χ1) is 7.66. The van der Waals surface area contributed by atoms with Crippen LogP contribution in [0.4, 0.5) is 11.5 Å². The van der Waals surface area contributed by atoms with Gasteiger partial charge in [-0.1, -0.05) is 0 Å². The molecule has 1 aromatic rings. The molecule has 1 unspecified atom stereocenters. The molecule has 0 aromatic carbocycles. The van der Waals surface area contributed by atoms with Crippen LogP contribution in [0.2, 0.25) is 0 Å².